The quantitative estimate of drug-likeness (QED) is 0.192. The second-order valence-electron chi connectivity index (χ2n) is 10.7. The first-order valence-corrected chi connectivity index (χ1v) is 15.7. The highest BCUT2D eigenvalue weighted by atomic mass is 28.4. The Hall–Kier alpha value is -1.84. The molecule has 0 radical (unpaired) electrons. The Morgan fingerprint density at radius 1 is 0.697 bits per heavy atom. The topological polar surface area (TPSA) is 18.5 Å². The van der Waals surface area contributed by atoms with Gasteiger partial charge in [0.2, 0.25) is 0 Å². The molecule has 0 atom stereocenters. The van der Waals surface area contributed by atoms with Gasteiger partial charge in [0.05, 0.1) is 6.61 Å². The Morgan fingerprint density at radius 2 is 1.18 bits per heavy atom. The van der Waals surface area contributed by atoms with Crippen molar-refractivity contribution < 1.29 is 9.16 Å². The Bertz CT molecular complexity index is 803. The highest BCUT2D eigenvalue weighted by Gasteiger charge is 2.36. The molecule has 0 bridgehead atoms. The minimum absolute atomic E-state index is 0.317. The summed E-state index contributed by atoms with van der Waals surface area (Å²) >= 11 is 0. The van der Waals surface area contributed by atoms with Crippen LogP contribution in [-0.4, -0.2) is 21.5 Å². The molecule has 0 saturated heterocycles. The molecule has 2 aromatic rings. The van der Waals surface area contributed by atoms with Crippen LogP contribution in [0.1, 0.15) is 83.3 Å². The van der Waals surface area contributed by atoms with Crippen LogP contribution >= 0.6 is 0 Å². The zero-order valence-electron chi connectivity index (χ0n) is 21.8. The van der Waals surface area contributed by atoms with Gasteiger partial charge in [-0.3, -0.25) is 0 Å². The Kier molecular flexibility index (Phi) is 11.4. The molecule has 0 fully saturated rings. The van der Waals surface area contributed by atoms with Crippen LogP contribution in [0.2, 0.25) is 18.1 Å². The van der Waals surface area contributed by atoms with Gasteiger partial charge in [0, 0.05) is 6.61 Å². The van der Waals surface area contributed by atoms with Gasteiger partial charge in [-0.15, -0.1) is 0 Å². The lowest BCUT2D eigenvalue weighted by atomic mass is 10.00. The van der Waals surface area contributed by atoms with Gasteiger partial charge in [0.1, 0.15) is 5.75 Å². The SMILES string of the molecule is C=C(c1ccccc1)c1ccc(OCCCCCCCCCCO[Si](C)(C)C(C)(C)C)cc1. The average molecular weight is 467 g/mol. The van der Waals surface area contributed by atoms with Crippen LogP contribution in [0, 0.1) is 0 Å². The zero-order chi connectivity index (χ0) is 24.2. The van der Waals surface area contributed by atoms with E-state index < -0.39 is 8.32 Å². The van der Waals surface area contributed by atoms with Gasteiger partial charge >= 0.3 is 0 Å². The maximum absolute atomic E-state index is 6.26. The Labute approximate surface area is 204 Å². The van der Waals surface area contributed by atoms with Gasteiger partial charge in [-0.1, -0.05) is 108 Å². The summed E-state index contributed by atoms with van der Waals surface area (Å²) in [4.78, 5) is 0. The van der Waals surface area contributed by atoms with Crippen LogP contribution in [0.15, 0.2) is 61.2 Å². The number of hydrogen-bond donors (Lipinski definition) is 0. The number of hydrogen-bond acceptors (Lipinski definition) is 2. The normalized spacial score (nSPS) is 12.0. The van der Waals surface area contributed by atoms with E-state index in [1.807, 2.05) is 18.2 Å². The second kappa shape index (κ2) is 13.8. The maximum Gasteiger partial charge on any atom is 0.191 e. The molecule has 0 aliphatic rings. The minimum Gasteiger partial charge on any atom is -0.494 e. The second-order valence-corrected chi connectivity index (χ2v) is 15.5. The molecular weight excluding hydrogens is 420 g/mol. The van der Waals surface area contributed by atoms with E-state index in [4.69, 9.17) is 9.16 Å². The molecule has 2 rings (SSSR count). The molecule has 0 amide bonds. The first kappa shape index (κ1) is 27.4. The third-order valence-corrected chi connectivity index (χ3v) is 11.4. The third kappa shape index (κ3) is 9.89. The fourth-order valence-corrected chi connectivity index (χ4v) is 4.64. The predicted molar refractivity (Wildman–Crippen MR) is 147 cm³/mol. The highest BCUT2D eigenvalue weighted by molar-refractivity contribution is 6.74. The fraction of sp³-hybridized carbons (Fsp3) is 0.533. The third-order valence-electron chi connectivity index (χ3n) is 6.90. The molecule has 2 nitrogen and oxygen atoms in total. The van der Waals surface area contributed by atoms with E-state index in [0.29, 0.717) is 5.04 Å². The molecule has 0 aliphatic carbocycles. The van der Waals surface area contributed by atoms with Crippen molar-refractivity contribution in [3.63, 3.8) is 0 Å². The van der Waals surface area contributed by atoms with E-state index >= 15 is 0 Å². The number of benzene rings is 2. The minimum atomic E-state index is -1.56. The summed E-state index contributed by atoms with van der Waals surface area (Å²) in [6.45, 7) is 17.6. The van der Waals surface area contributed by atoms with Crippen LogP contribution in [0.5, 0.6) is 5.75 Å². The van der Waals surface area contributed by atoms with Crippen molar-refractivity contribution in [1.82, 2.24) is 0 Å². The maximum atomic E-state index is 6.26. The van der Waals surface area contributed by atoms with Gasteiger partial charge in [-0.2, -0.15) is 0 Å². The largest absolute Gasteiger partial charge is 0.494 e. The van der Waals surface area contributed by atoms with Crippen LogP contribution in [0.25, 0.3) is 5.57 Å². The Morgan fingerprint density at radius 3 is 1.73 bits per heavy atom. The van der Waals surface area contributed by atoms with Gasteiger partial charge in [0.15, 0.2) is 8.32 Å². The summed E-state index contributed by atoms with van der Waals surface area (Å²) in [6, 6.07) is 18.6. The molecule has 0 saturated carbocycles. The molecule has 3 heteroatoms. The lowest BCUT2D eigenvalue weighted by Crippen LogP contribution is -2.40. The van der Waals surface area contributed by atoms with Crippen LogP contribution in [-0.2, 0) is 4.43 Å². The standard InChI is InChI=1S/C30H46O2Si/c1-26(27-18-14-13-15-19-27)28-20-22-29(23-21-28)31-24-16-11-9-7-8-10-12-17-25-32-33(5,6)30(2,3)4/h13-15,18-23H,1,7-12,16-17,24-25H2,2-6H3. The van der Waals surface area contributed by atoms with Crippen LogP contribution < -0.4 is 4.74 Å². The van der Waals surface area contributed by atoms with Crippen molar-refractivity contribution in [2.45, 2.75) is 90.3 Å². The molecule has 0 spiro atoms. The van der Waals surface area contributed by atoms with E-state index in [1.165, 1.54) is 44.9 Å². The number of ether oxygens (including phenoxy) is 1. The zero-order valence-corrected chi connectivity index (χ0v) is 22.8. The van der Waals surface area contributed by atoms with Crippen molar-refractivity contribution in [2.24, 2.45) is 0 Å². The molecule has 33 heavy (non-hydrogen) atoms. The number of unbranched alkanes of at least 4 members (excludes halogenated alkanes) is 7. The lowest BCUT2D eigenvalue weighted by molar-refractivity contribution is 0.277. The van der Waals surface area contributed by atoms with Gasteiger partial charge in [-0.05, 0) is 59.8 Å². The van der Waals surface area contributed by atoms with E-state index in [2.05, 4.69) is 76.8 Å². The van der Waals surface area contributed by atoms with Crippen molar-refractivity contribution in [3.05, 3.63) is 72.3 Å². The summed E-state index contributed by atoms with van der Waals surface area (Å²) < 4.78 is 12.2. The van der Waals surface area contributed by atoms with E-state index in [9.17, 15) is 0 Å². The van der Waals surface area contributed by atoms with Gasteiger partial charge in [-0.25, -0.2) is 0 Å². The van der Waals surface area contributed by atoms with Gasteiger partial charge < -0.3 is 9.16 Å². The van der Waals surface area contributed by atoms with Crippen molar-refractivity contribution in [1.29, 1.82) is 0 Å². The van der Waals surface area contributed by atoms with E-state index in [1.54, 1.807) is 0 Å². The first-order valence-electron chi connectivity index (χ1n) is 12.8. The van der Waals surface area contributed by atoms with Gasteiger partial charge in [0.25, 0.3) is 0 Å². The highest BCUT2D eigenvalue weighted by Crippen LogP contribution is 2.36. The lowest BCUT2D eigenvalue weighted by Gasteiger charge is -2.36. The summed E-state index contributed by atoms with van der Waals surface area (Å²) in [6.07, 6.45) is 10.2. The fourth-order valence-electron chi connectivity index (χ4n) is 3.56. The molecule has 0 unspecified atom stereocenters. The van der Waals surface area contributed by atoms with Crippen molar-refractivity contribution in [2.75, 3.05) is 13.2 Å². The molecule has 182 valence electrons. The van der Waals surface area contributed by atoms with Crippen LogP contribution in [0.3, 0.4) is 0 Å². The van der Waals surface area contributed by atoms with Crippen molar-refractivity contribution >= 4 is 13.9 Å². The van der Waals surface area contributed by atoms with E-state index in [0.717, 1.165) is 42.1 Å². The van der Waals surface area contributed by atoms with Crippen LogP contribution in [0.4, 0.5) is 0 Å². The summed E-state index contributed by atoms with van der Waals surface area (Å²) in [5, 5.41) is 0.317. The molecule has 2 aromatic carbocycles. The predicted octanol–water partition coefficient (Wildman–Crippen LogP) is 9.27. The smallest absolute Gasteiger partial charge is 0.191 e. The summed E-state index contributed by atoms with van der Waals surface area (Å²) in [5.74, 6) is 0.944. The monoisotopic (exact) mass is 466 g/mol. The molecule has 0 heterocycles. The van der Waals surface area contributed by atoms with Crippen molar-refractivity contribution in [3.8, 4) is 5.75 Å². The average Bonchev–Trinajstić information content (AvgIpc) is 2.79. The van der Waals surface area contributed by atoms with E-state index in [-0.39, 0.29) is 0 Å². The molecule has 0 aliphatic heterocycles. The molecule has 0 aromatic heterocycles. The summed E-state index contributed by atoms with van der Waals surface area (Å²) in [5.41, 5.74) is 3.34. The Balaban J connectivity index is 1.47. The molecule has 0 N–H and O–H groups in total. The molecular formula is C30H46O2Si. The first-order chi connectivity index (χ1) is 15.7. The summed E-state index contributed by atoms with van der Waals surface area (Å²) in [7, 11) is -1.56. The number of rotatable bonds is 15.